The van der Waals surface area contributed by atoms with Crippen LogP contribution in [0.4, 0.5) is 0 Å². The van der Waals surface area contributed by atoms with E-state index >= 15 is 0 Å². The quantitative estimate of drug-likeness (QED) is 0.0262. The van der Waals surface area contributed by atoms with Crippen LogP contribution in [0.5, 0.6) is 0 Å². The van der Waals surface area contributed by atoms with Crippen molar-refractivity contribution < 1.29 is 28.6 Å². The fourth-order valence-corrected chi connectivity index (χ4v) is 7.72. The molecule has 6 nitrogen and oxygen atoms in total. The minimum Gasteiger partial charge on any atom is -0.462 e. The van der Waals surface area contributed by atoms with E-state index in [1.807, 2.05) is 0 Å². The van der Waals surface area contributed by atoms with Crippen molar-refractivity contribution in [2.45, 2.75) is 284 Å². The van der Waals surface area contributed by atoms with Crippen molar-refractivity contribution in [1.29, 1.82) is 0 Å². The maximum atomic E-state index is 12.8. The minimum absolute atomic E-state index is 0.0842. The summed E-state index contributed by atoms with van der Waals surface area (Å²) in [4.78, 5) is 38.1. The van der Waals surface area contributed by atoms with Crippen molar-refractivity contribution in [3.63, 3.8) is 0 Å². The molecule has 1 unspecified atom stereocenters. The molecule has 0 heterocycles. The van der Waals surface area contributed by atoms with Gasteiger partial charge < -0.3 is 14.2 Å². The van der Waals surface area contributed by atoms with Gasteiger partial charge in [0.15, 0.2) is 6.10 Å². The van der Waals surface area contributed by atoms with Gasteiger partial charge in [0.05, 0.1) is 0 Å². The first kappa shape index (κ1) is 62.1. The van der Waals surface area contributed by atoms with Crippen molar-refractivity contribution in [2.75, 3.05) is 13.2 Å². The molecule has 0 rings (SSSR count). The molecule has 0 fully saturated rings. The fraction of sp³-hybridized carbons (Fsp3) is 0.780. The van der Waals surface area contributed by atoms with Crippen LogP contribution in [0.1, 0.15) is 278 Å². The van der Waals surface area contributed by atoms with Crippen LogP contribution >= 0.6 is 0 Å². The summed E-state index contributed by atoms with van der Waals surface area (Å²) in [6.45, 7) is 6.56. The Kier molecular flexibility index (Phi) is 51.3. The Hall–Kier alpha value is -2.89. The Balaban J connectivity index is 4.38. The van der Waals surface area contributed by atoms with Gasteiger partial charge >= 0.3 is 17.9 Å². The van der Waals surface area contributed by atoms with Crippen molar-refractivity contribution in [1.82, 2.24) is 0 Å². The van der Waals surface area contributed by atoms with Gasteiger partial charge in [0.2, 0.25) is 0 Å². The van der Waals surface area contributed by atoms with Crippen molar-refractivity contribution in [2.24, 2.45) is 0 Å². The van der Waals surface area contributed by atoms with Crippen LogP contribution in [0, 0.1) is 0 Å². The molecule has 0 amide bonds. The molecular weight excluding hydrogens is 805 g/mol. The summed E-state index contributed by atoms with van der Waals surface area (Å²) in [6, 6.07) is 0. The van der Waals surface area contributed by atoms with Gasteiger partial charge in [-0.3, -0.25) is 14.4 Å². The summed E-state index contributed by atoms with van der Waals surface area (Å²) in [6.07, 6.45) is 66.3. The zero-order valence-electron chi connectivity index (χ0n) is 43.0. The van der Waals surface area contributed by atoms with Crippen LogP contribution in [0.15, 0.2) is 60.8 Å². The first-order valence-corrected chi connectivity index (χ1v) is 27.8. The van der Waals surface area contributed by atoms with E-state index in [2.05, 4.69) is 81.5 Å². The summed E-state index contributed by atoms with van der Waals surface area (Å²) in [5, 5.41) is 0. The van der Waals surface area contributed by atoms with Gasteiger partial charge in [-0.2, -0.15) is 0 Å². The number of carbonyl (C=O) groups excluding carboxylic acids is 3. The van der Waals surface area contributed by atoms with Crippen LogP contribution in [-0.2, 0) is 28.6 Å². The van der Waals surface area contributed by atoms with E-state index in [1.54, 1.807) is 0 Å². The molecular formula is C59H104O6. The lowest BCUT2D eigenvalue weighted by Crippen LogP contribution is -2.30. The average Bonchev–Trinajstić information content (AvgIpc) is 3.30. The maximum absolute atomic E-state index is 12.8. The van der Waals surface area contributed by atoms with E-state index in [4.69, 9.17) is 14.2 Å². The first-order valence-electron chi connectivity index (χ1n) is 27.8. The molecule has 0 aromatic carbocycles. The summed E-state index contributed by atoms with van der Waals surface area (Å²) >= 11 is 0. The monoisotopic (exact) mass is 909 g/mol. The third kappa shape index (κ3) is 51.9. The van der Waals surface area contributed by atoms with Gasteiger partial charge in [0.1, 0.15) is 13.2 Å². The number of esters is 3. The Morgan fingerprint density at radius 3 is 0.938 bits per heavy atom. The standard InChI is InChI=1S/C59H104O6/c1-4-7-10-13-16-19-22-25-28-29-30-31-32-35-37-40-43-46-49-52-58(61)64-55-56(65-59(62)53-50-47-44-41-38-34-27-24-21-18-15-12-9-6-3)54-63-57(60)51-48-45-42-39-36-33-26-23-20-17-14-11-8-5-2/h15-16,18-19,23-28,56H,4-14,17,20-22,29-55H2,1-3H3/b18-15-,19-16-,26-23-,27-24-,28-25-. The van der Waals surface area contributed by atoms with Gasteiger partial charge in [0, 0.05) is 19.3 Å². The molecule has 0 aromatic heterocycles. The molecule has 0 aromatic rings. The normalized spacial score (nSPS) is 12.5. The number of carbonyl (C=O) groups is 3. The number of allylic oxidation sites excluding steroid dienone is 10. The predicted octanol–water partition coefficient (Wildman–Crippen LogP) is 18.4. The number of hydrogen-bond acceptors (Lipinski definition) is 6. The fourth-order valence-electron chi connectivity index (χ4n) is 7.72. The van der Waals surface area contributed by atoms with E-state index in [0.717, 1.165) is 96.3 Å². The molecule has 0 aliphatic carbocycles. The zero-order valence-corrected chi connectivity index (χ0v) is 43.0. The third-order valence-electron chi connectivity index (χ3n) is 12.0. The number of hydrogen-bond donors (Lipinski definition) is 0. The molecule has 0 N–H and O–H groups in total. The van der Waals surface area contributed by atoms with Crippen LogP contribution in [0.25, 0.3) is 0 Å². The Labute approximate surface area is 402 Å². The summed E-state index contributed by atoms with van der Waals surface area (Å²) in [5.74, 6) is -0.903. The van der Waals surface area contributed by atoms with Crippen LogP contribution in [0.2, 0.25) is 0 Å². The second-order valence-electron chi connectivity index (χ2n) is 18.5. The molecule has 1 atom stereocenters. The van der Waals surface area contributed by atoms with E-state index < -0.39 is 6.10 Å². The summed E-state index contributed by atoms with van der Waals surface area (Å²) in [5.41, 5.74) is 0. The third-order valence-corrected chi connectivity index (χ3v) is 12.0. The predicted molar refractivity (Wildman–Crippen MR) is 279 cm³/mol. The average molecular weight is 909 g/mol. The second kappa shape index (κ2) is 53.7. The molecule has 0 saturated carbocycles. The largest absolute Gasteiger partial charge is 0.462 e. The van der Waals surface area contributed by atoms with Crippen molar-refractivity contribution >= 4 is 17.9 Å². The molecule has 0 saturated heterocycles. The van der Waals surface area contributed by atoms with Crippen LogP contribution in [-0.4, -0.2) is 37.2 Å². The van der Waals surface area contributed by atoms with E-state index in [1.165, 1.54) is 141 Å². The number of unbranched alkanes of at least 4 members (excludes halogenated alkanes) is 29. The Morgan fingerprint density at radius 2 is 0.569 bits per heavy atom. The Morgan fingerprint density at radius 1 is 0.308 bits per heavy atom. The maximum Gasteiger partial charge on any atom is 0.306 e. The summed E-state index contributed by atoms with van der Waals surface area (Å²) < 4.78 is 16.8. The van der Waals surface area contributed by atoms with E-state index in [-0.39, 0.29) is 31.1 Å². The highest BCUT2D eigenvalue weighted by Crippen LogP contribution is 2.15. The van der Waals surface area contributed by atoms with E-state index in [9.17, 15) is 14.4 Å². The SMILES string of the molecule is CCCC/C=C\C/C=C\CCCCCCCC(=O)OC(COC(=O)CCCCCCC/C=C\CCCCCCC)COC(=O)CCCCCCCCCCC/C=C\C/C=C\CCCCC. The molecule has 0 bridgehead atoms. The van der Waals surface area contributed by atoms with Gasteiger partial charge in [0.25, 0.3) is 0 Å². The molecule has 0 radical (unpaired) electrons. The van der Waals surface area contributed by atoms with Gasteiger partial charge in [-0.1, -0.05) is 216 Å². The highest BCUT2D eigenvalue weighted by Gasteiger charge is 2.19. The van der Waals surface area contributed by atoms with Crippen LogP contribution in [0.3, 0.4) is 0 Å². The minimum atomic E-state index is -0.786. The van der Waals surface area contributed by atoms with Crippen LogP contribution < -0.4 is 0 Å². The lowest BCUT2D eigenvalue weighted by Gasteiger charge is -2.18. The Bertz CT molecular complexity index is 1180. The lowest BCUT2D eigenvalue weighted by molar-refractivity contribution is -0.167. The topological polar surface area (TPSA) is 78.9 Å². The molecule has 0 aliphatic heterocycles. The zero-order chi connectivity index (χ0) is 47.2. The van der Waals surface area contributed by atoms with Crippen molar-refractivity contribution in [3.8, 4) is 0 Å². The lowest BCUT2D eigenvalue weighted by atomic mass is 10.1. The molecule has 0 aliphatic rings. The van der Waals surface area contributed by atoms with Crippen molar-refractivity contribution in [3.05, 3.63) is 60.8 Å². The second-order valence-corrected chi connectivity index (χ2v) is 18.5. The molecule has 0 spiro atoms. The molecule has 376 valence electrons. The van der Waals surface area contributed by atoms with Gasteiger partial charge in [-0.05, 0) is 103 Å². The summed E-state index contributed by atoms with van der Waals surface area (Å²) in [7, 11) is 0. The molecule has 65 heavy (non-hydrogen) atoms. The van der Waals surface area contributed by atoms with Gasteiger partial charge in [-0.15, -0.1) is 0 Å². The smallest absolute Gasteiger partial charge is 0.306 e. The van der Waals surface area contributed by atoms with Gasteiger partial charge in [-0.25, -0.2) is 0 Å². The number of ether oxygens (including phenoxy) is 3. The first-order chi connectivity index (χ1) is 32.0. The molecule has 6 heteroatoms. The van der Waals surface area contributed by atoms with E-state index in [0.29, 0.717) is 19.3 Å². The number of rotatable bonds is 50. The highest BCUT2D eigenvalue weighted by molar-refractivity contribution is 5.71. The highest BCUT2D eigenvalue weighted by atomic mass is 16.6.